The summed E-state index contributed by atoms with van der Waals surface area (Å²) in [6.07, 6.45) is 3.67. The van der Waals surface area contributed by atoms with Crippen molar-refractivity contribution in [1.82, 2.24) is 5.32 Å². The van der Waals surface area contributed by atoms with Gasteiger partial charge in [0.25, 0.3) is 0 Å². The molecule has 0 heterocycles. The fourth-order valence-corrected chi connectivity index (χ4v) is 2.12. The number of aryl methyl sites for hydroxylation is 1. The molecule has 0 amide bonds. The van der Waals surface area contributed by atoms with Crippen molar-refractivity contribution in [3.63, 3.8) is 0 Å². The van der Waals surface area contributed by atoms with Gasteiger partial charge in [-0.05, 0) is 43.4 Å². The second-order valence-corrected chi connectivity index (χ2v) is 5.18. The molecule has 0 bridgehead atoms. The lowest BCUT2D eigenvalue weighted by molar-refractivity contribution is -0.143. The van der Waals surface area contributed by atoms with Gasteiger partial charge in [0.2, 0.25) is 0 Å². The van der Waals surface area contributed by atoms with Gasteiger partial charge in [-0.15, -0.1) is 0 Å². The van der Waals surface area contributed by atoms with E-state index in [4.69, 9.17) is 5.11 Å². The Morgan fingerprint density at radius 3 is 2.39 bits per heavy atom. The Hall–Kier alpha value is -1.35. The third-order valence-electron chi connectivity index (χ3n) is 3.79. The summed E-state index contributed by atoms with van der Waals surface area (Å²) < 4.78 is 0. The van der Waals surface area contributed by atoms with Crippen LogP contribution in [0.25, 0.3) is 0 Å². The molecule has 1 fully saturated rings. The molecular weight excluding hydrogens is 226 g/mol. The van der Waals surface area contributed by atoms with Gasteiger partial charge in [-0.1, -0.05) is 31.2 Å². The maximum atomic E-state index is 11.0. The summed E-state index contributed by atoms with van der Waals surface area (Å²) in [7, 11) is 0. The summed E-state index contributed by atoms with van der Waals surface area (Å²) in [5.74, 6) is -0.651. The summed E-state index contributed by atoms with van der Waals surface area (Å²) in [4.78, 5) is 11.0. The molecule has 0 aliphatic heterocycles. The lowest BCUT2D eigenvalue weighted by Gasteiger charge is -2.11. The van der Waals surface area contributed by atoms with Gasteiger partial charge in [-0.25, -0.2) is 0 Å². The number of benzene rings is 1. The number of hydrogen-bond donors (Lipinski definition) is 2. The molecule has 98 valence electrons. The minimum absolute atomic E-state index is 0.452. The Bertz CT molecular complexity index is 407. The van der Waals surface area contributed by atoms with Gasteiger partial charge in [0.15, 0.2) is 0 Å². The van der Waals surface area contributed by atoms with Crippen LogP contribution in [0, 0.1) is 5.41 Å². The van der Waals surface area contributed by atoms with E-state index in [-0.39, 0.29) is 0 Å². The number of aliphatic carboxylic acids is 1. The van der Waals surface area contributed by atoms with E-state index in [0.717, 1.165) is 32.2 Å². The van der Waals surface area contributed by atoms with Crippen LogP contribution in [0.4, 0.5) is 0 Å². The van der Waals surface area contributed by atoms with E-state index < -0.39 is 11.4 Å². The van der Waals surface area contributed by atoms with E-state index in [0.29, 0.717) is 6.54 Å². The highest BCUT2D eigenvalue weighted by molar-refractivity contribution is 5.78. The molecule has 18 heavy (non-hydrogen) atoms. The van der Waals surface area contributed by atoms with E-state index in [2.05, 4.69) is 36.5 Å². The molecule has 0 atom stereocenters. The molecule has 0 aromatic heterocycles. The summed E-state index contributed by atoms with van der Waals surface area (Å²) in [6.45, 7) is 3.60. The molecule has 1 aliphatic carbocycles. The van der Waals surface area contributed by atoms with Crippen molar-refractivity contribution in [3.8, 4) is 0 Å². The average Bonchev–Trinajstić information content (AvgIpc) is 3.17. The highest BCUT2D eigenvalue weighted by atomic mass is 16.4. The maximum Gasteiger partial charge on any atom is 0.310 e. The second kappa shape index (κ2) is 5.53. The van der Waals surface area contributed by atoms with Crippen LogP contribution in [0.2, 0.25) is 0 Å². The number of rotatable bonds is 7. The molecular formula is C15H21NO2. The van der Waals surface area contributed by atoms with Gasteiger partial charge in [0.1, 0.15) is 0 Å². The lowest BCUT2D eigenvalue weighted by atomic mass is 10.1. The highest BCUT2D eigenvalue weighted by Crippen LogP contribution is 2.45. The van der Waals surface area contributed by atoms with Gasteiger partial charge in [-0.2, -0.15) is 0 Å². The fraction of sp³-hybridized carbons (Fsp3) is 0.533. The zero-order valence-corrected chi connectivity index (χ0v) is 10.9. The van der Waals surface area contributed by atoms with E-state index in [1.54, 1.807) is 0 Å². The third kappa shape index (κ3) is 3.10. The Morgan fingerprint density at radius 2 is 1.89 bits per heavy atom. The molecule has 0 spiro atoms. The highest BCUT2D eigenvalue weighted by Gasteiger charge is 2.49. The van der Waals surface area contributed by atoms with Gasteiger partial charge in [0.05, 0.1) is 5.41 Å². The van der Waals surface area contributed by atoms with Gasteiger partial charge in [-0.3, -0.25) is 4.79 Å². The Kier molecular flexibility index (Phi) is 4.02. The predicted octanol–water partition coefficient (Wildman–Crippen LogP) is 2.25. The van der Waals surface area contributed by atoms with Crippen molar-refractivity contribution in [2.75, 3.05) is 13.1 Å². The molecule has 1 aromatic rings. The van der Waals surface area contributed by atoms with Crippen molar-refractivity contribution in [2.24, 2.45) is 5.41 Å². The predicted molar refractivity (Wildman–Crippen MR) is 71.7 cm³/mol. The average molecular weight is 247 g/mol. The summed E-state index contributed by atoms with van der Waals surface area (Å²) >= 11 is 0. The molecule has 3 heteroatoms. The van der Waals surface area contributed by atoms with E-state index in [9.17, 15) is 4.79 Å². The molecule has 2 rings (SSSR count). The quantitative estimate of drug-likeness (QED) is 0.727. The van der Waals surface area contributed by atoms with Crippen LogP contribution >= 0.6 is 0 Å². The minimum Gasteiger partial charge on any atom is -0.481 e. The van der Waals surface area contributed by atoms with E-state index >= 15 is 0 Å². The van der Waals surface area contributed by atoms with Crippen LogP contribution in [0.5, 0.6) is 0 Å². The largest absolute Gasteiger partial charge is 0.481 e. The van der Waals surface area contributed by atoms with Crippen molar-refractivity contribution in [3.05, 3.63) is 35.4 Å². The Labute approximate surface area is 108 Å². The second-order valence-electron chi connectivity index (χ2n) is 5.18. The van der Waals surface area contributed by atoms with Crippen LogP contribution in [0.3, 0.4) is 0 Å². The fourth-order valence-electron chi connectivity index (χ4n) is 2.12. The van der Waals surface area contributed by atoms with Gasteiger partial charge >= 0.3 is 5.97 Å². The minimum atomic E-state index is -0.651. The van der Waals surface area contributed by atoms with Crippen molar-refractivity contribution in [2.45, 2.75) is 32.6 Å². The number of carboxylic acids is 1. The van der Waals surface area contributed by atoms with Crippen LogP contribution in [0.15, 0.2) is 24.3 Å². The van der Waals surface area contributed by atoms with Crippen LogP contribution in [0.1, 0.15) is 30.9 Å². The van der Waals surface area contributed by atoms with Crippen LogP contribution in [-0.4, -0.2) is 24.2 Å². The summed E-state index contributed by atoms with van der Waals surface area (Å²) in [6, 6.07) is 8.64. The van der Waals surface area contributed by atoms with E-state index in [1.165, 1.54) is 11.1 Å². The van der Waals surface area contributed by atoms with Crippen LogP contribution < -0.4 is 5.32 Å². The van der Waals surface area contributed by atoms with Crippen LogP contribution in [-0.2, 0) is 17.6 Å². The Morgan fingerprint density at radius 1 is 1.28 bits per heavy atom. The summed E-state index contributed by atoms with van der Waals surface area (Å²) in [5.41, 5.74) is 2.21. The van der Waals surface area contributed by atoms with Gasteiger partial charge < -0.3 is 10.4 Å². The van der Waals surface area contributed by atoms with Crippen molar-refractivity contribution in [1.29, 1.82) is 0 Å². The topological polar surface area (TPSA) is 49.3 Å². The smallest absolute Gasteiger partial charge is 0.310 e. The van der Waals surface area contributed by atoms with Gasteiger partial charge in [0, 0.05) is 6.54 Å². The summed E-state index contributed by atoms with van der Waals surface area (Å²) in [5, 5.41) is 12.3. The normalized spacial score (nSPS) is 16.5. The SMILES string of the molecule is CCc1ccc(CCNCC2(C(=O)O)CC2)cc1. The number of carboxylic acid groups (broad SMARTS) is 1. The molecule has 2 N–H and O–H groups in total. The first kappa shape index (κ1) is 13.1. The monoisotopic (exact) mass is 247 g/mol. The zero-order chi connectivity index (χ0) is 13.0. The third-order valence-corrected chi connectivity index (χ3v) is 3.79. The molecule has 1 saturated carbocycles. The lowest BCUT2D eigenvalue weighted by Crippen LogP contribution is -2.31. The van der Waals surface area contributed by atoms with E-state index in [1.807, 2.05) is 0 Å². The molecule has 1 aliphatic rings. The molecule has 0 saturated heterocycles. The molecule has 1 aromatic carbocycles. The number of carbonyl (C=O) groups is 1. The standard InChI is InChI=1S/C15H21NO2/c1-2-12-3-5-13(6-4-12)7-10-16-11-15(8-9-15)14(17)18/h3-6,16H,2,7-11H2,1H3,(H,17,18). The molecule has 0 radical (unpaired) electrons. The number of hydrogen-bond acceptors (Lipinski definition) is 2. The first-order valence-electron chi connectivity index (χ1n) is 6.68. The molecule has 3 nitrogen and oxygen atoms in total. The molecule has 0 unspecified atom stereocenters. The first-order chi connectivity index (χ1) is 8.66. The zero-order valence-electron chi connectivity index (χ0n) is 10.9. The number of nitrogens with one attached hydrogen (secondary N) is 1. The Balaban J connectivity index is 1.70. The van der Waals surface area contributed by atoms with Crippen molar-refractivity contribution >= 4 is 5.97 Å². The first-order valence-corrected chi connectivity index (χ1v) is 6.68. The van der Waals surface area contributed by atoms with Crippen molar-refractivity contribution < 1.29 is 9.90 Å². The maximum absolute atomic E-state index is 11.0.